The summed E-state index contributed by atoms with van der Waals surface area (Å²) < 4.78 is 55.5. The summed E-state index contributed by atoms with van der Waals surface area (Å²) in [6.07, 6.45) is 0. The summed E-state index contributed by atoms with van der Waals surface area (Å²) in [5, 5.41) is 5.49. The summed E-state index contributed by atoms with van der Waals surface area (Å²) in [5.41, 5.74) is 4.10. The highest BCUT2D eigenvalue weighted by atomic mass is 32.2. The van der Waals surface area contributed by atoms with Gasteiger partial charge in [-0.3, -0.25) is 19.0 Å². The second kappa shape index (κ2) is 13.3. The van der Waals surface area contributed by atoms with Crippen molar-refractivity contribution in [2.24, 2.45) is 0 Å². The maximum Gasteiger partial charge on any atom is 0.261 e. The molecule has 0 atom stereocenters. The number of benzene rings is 5. The van der Waals surface area contributed by atoms with E-state index in [4.69, 9.17) is 0 Å². The van der Waals surface area contributed by atoms with E-state index in [1.807, 2.05) is 13.8 Å². The molecule has 46 heavy (non-hydrogen) atoms. The molecular formula is C34H30N4O6S2. The van der Waals surface area contributed by atoms with E-state index < -0.39 is 31.9 Å². The Balaban J connectivity index is 1.14. The number of hydrogen-bond acceptors (Lipinski definition) is 6. The molecule has 0 aromatic heterocycles. The molecule has 12 heteroatoms. The highest BCUT2D eigenvalue weighted by molar-refractivity contribution is 7.93. The van der Waals surface area contributed by atoms with Crippen LogP contribution in [0.25, 0.3) is 0 Å². The summed E-state index contributed by atoms with van der Waals surface area (Å²) in [6.45, 7) is 3.74. The zero-order valence-corrected chi connectivity index (χ0v) is 26.4. The normalized spacial score (nSPS) is 11.3. The lowest BCUT2D eigenvalue weighted by Crippen LogP contribution is -2.15. The van der Waals surface area contributed by atoms with Crippen LogP contribution in [0.15, 0.2) is 131 Å². The Morgan fingerprint density at radius 3 is 1.00 bits per heavy atom. The summed E-state index contributed by atoms with van der Waals surface area (Å²) >= 11 is 0. The smallest absolute Gasteiger partial charge is 0.261 e. The van der Waals surface area contributed by atoms with Crippen LogP contribution in [0.4, 0.5) is 22.7 Å². The number of anilines is 4. The van der Waals surface area contributed by atoms with Crippen LogP contribution in [0.1, 0.15) is 31.8 Å². The number of rotatable bonds is 10. The molecule has 0 heterocycles. The van der Waals surface area contributed by atoms with Gasteiger partial charge in [0, 0.05) is 33.9 Å². The van der Waals surface area contributed by atoms with Gasteiger partial charge in [-0.15, -0.1) is 0 Å². The summed E-state index contributed by atoms with van der Waals surface area (Å²) in [4.78, 5) is 25.8. The van der Waals surface area contributed by atoms with Gasteiger partial charge in [-0.1, -0.05) is 35.4 Å². The largest absolute Gasteiger partial charge is 0.322 e. The summed E-state index contributed by atoms with van der Waals surface area (Å²) in [5.74, 6) is -0.827. The third-order valence-corrected chi connectivity index (χ3v) is 9.66. The van der Waals surface area contributed by atoms with E-state index in [1.165, 1.54) is 48.5 Å². The molecule has 0 unspecified atom stereocenters. The number of hydrogen-bond donors (Lipinski definition) is 4. The quantitative estimate of drug-likeness (QED) is 0.137. The third kappa shape index (κ3) is 7.97. The predicted octanol–water partition coefficient (Wildman–Crippen LogP) is 6.41. The molecule has 0 fully saturated rings. The third-order valence-electron chi connectivity index (χ3n) is 6.86. The first-order valence-corrected chi connectivity index (χ1v) is 17.0. The zero-order valence-electron chi connectivity index (χ0n) is 24.8. The predicted molar refractivity (Wildman–Crippen MR) is 179 cm³/mol. The first-order chi connectivity index (χ1) is 21.9. The number of aryl methyl sites for hydroxylation is 2. The van der Waals surface area contributed by atoms with Gasteiger partial charge < -0.3 is 10.6 Å². The minimum atomic E-state index is -3.75. The summed E-state index contributed by atoms with van der Waals surface area (Å²) in [6, 6.07) is 31.5. The molecule has 0 saturated heterocycles. The van der Waals surface area contributed by atoms with Crippen LogP contribution in [0, 0.1) is 13.8 Å². The highest BCUT2D eigenvalue weighted by Gasteiger charge is 2.16. The molecule has 2 amide bonds. The standard InChI is InChI=1S/C34H30N4O6S2/c1-23-3-19-31(20-4-23)45(41,42)37-29-15-11-27(12-16-29)35-33(39)25-7-9-26(10-8-25)34(40)36-28-13-17-30(18-14-28)38-46(43,44)32-21-5-24(2)6-22-32/h3-22,37-38H,1-2H3,(H,35,39)(H,36,40). The van der Waals surface area contributed by atoms with Gasteiger partial charge in [0.15, 0.2) is 0 Å². The van der Waals surface area contributed by atoms with Crippen LogP contribution in [-0.4, -0.2) is 28.6 Å². The van der Waals surface area contributed by atoms with E-state index in [1.54, 1.807) is 72.8 Å². The molecule has 0 bridgehead atoms. The molecule has 0 saturated carbocycles. The Morgan fingerprint density at radius 2 is 0.696 bits per heavy atom. The van der Waals surface area contributed by atoms with Crippen molar-refractivity contribution in [2.45, 2.75) is 23.6 Å². The van der Waals surface area contributed by atoms with E-state index in [2.05, 4.69) is 20.1 Å². The average Bonchev–Trinajstić information content (AvgIpc) is 3.03. The Morgan fingerprint density at radius 1 is 0.413 bits per heavy atom. The number of nitrogens with one attached hydrogen (secondary N) is 4. The van der Waals surface area contributed by atoms with Gasteiger partial charge in [0.05, 0.1) is 9.79 Å². The van der Waals surface area contributed by atoms with Crippen molar-refractivity contribution in [3.8, 4) is 0 Å². The number of amides is 2. The van der Waals surface area contributed by atoms with Crippen molar-refractivity contribution < 1.29 is 26.4 Å². The fraction of sp³-hybridized carbons (Fsp3) is 0.0588. The van der Waals surface area contributed by atoms with Gasteiger partial charge in [-0.2, -0.15) is 0 Å². The first kappa shape index (κ1) is 31.9. The van der Waals surface area contributed by atoms with Gasteiger partial charge in [0.1, 0.15) is 0 Å². The lowest BCUT2D eigenvalue weighted by molar-refractivity contribution is 0.101. The molecule has 5 aromatic carbocycles. The fourth-order valence-corrected chi connectivity index (χ4v) is 6.40. The molecular weight excluding hydrogens is 625 g/mol. The molecule has 10 nitrogen and oxygen atoms in total. The van der Waals surface area contributed by atoms with Gasteiger partial charge in [0.2, 0.25) is 0 Å². The van der Waals surface area contributed by atoms with Crippen LogP contribution in [0.3, 0.4) is 0 Å². The molecule has 5 rings (SSSR count). The number of carbonyl (C=O) groups is 2. The molecule has 0 radical (unpaired) electrons. The van der Waals surface area contributed by atoms with Gasteiger partial charge in [-0.05, 0) is 111 Å². The summed E-state index contributed by atoms with van der Waals surface area (Å²) in [7, 11) is -7.51. The topological polar surface area (TPSA) is 151 Å². The van der Waals surface area contributed by atoms with E-state index in [0.29, 0.717) is 33.9 Å². The maximum absolute atomic E-state index is 12.8. The Bertz CT molecular complexity index is 1930. The van der Waals surface area contributed by atoms with Crippen molar-refractivity contribution in [3.05, 3.63) is 144 Å². The van der Waals surface area contributed by atoms with Crippen molar-refractivity contribution in [1.29, 1.82) is 0 Å². The maximum atomic E-state index is 12.8. The van der Waals surface area contributed by atoms with Crippen LogP contribution in [0.2, 0.25) is 0 Å². The highest BCUT2D eigenvalue weighted by Crippen LogP contribution is 2.21. The molecule has 0 aliphatic heterocycles. The Hall–Kier alpha value is -5.46. The average molecular weight is 655 g/mol. The first-order valence-electron chi connectivity index (χ1n) is 14.0. The molecule has 5 aromatic rings. The van der Waals surface area contributed by atoms with Crippen LogP contribution < -0.4 is 20.1 Å². The van der Waals surface area contributed by atoms with Gasteiger partial charge in [0.25, 0.3) is 31.9 Å². The molecule has 0 aliphatic carbocycles. The van der Waals surface area contributed by atoms with Gasteiger partial charge >= 0.3 is 0 Å². The SMILES string of the molecule is Cc1ccc(S(=O)(=O)Nc2ccc(NC(=O)c3ccc(C(=O)Nc4ccc(NS(=O)(=O)c5ccc(C)cc5)cc4)cc3)cc2)cc1. The van der Waals surface area contributed by atoms with Crippen molar-refractivity contribution >= 4 is 54.6 Å². The molecule has 234 valence electrons. The van der Waals surface area contributed by atoms with Crippen molar-refractivity contribution in [1.82, 2.24) is 0 Å². The number of carbonyl (C=O) groups excluding carboxylic acids is 2. The Kier molecular flexibility index (Phi) is 9.21. The van der Waals surface area contributed by atoms with Gasteiger partial charge in [-0.25, -0.2) is 16.8 Å². The number of sulfonamides is 2. The van der Waals surface area contributed by atoms with Crippen LogP contribution in [0.5, 0.6) is 0 Å². The lowest BCUT2D eigenvalue weighted by atomic mass is 10.1. The molecule has 4 N–H and O–H groups in total. The van der Waals surface area contributed by atoms with E-state index in [9.17, 15) is 26.4 Å². The fourth-order valence-electron chi connectivity index (χ4n) is 4.29. The minimum Gasteiger partial charge on any atom is -0.322 e. The lowest BCUT2D eigenvalue weighted by Gasteiger charge is -2.11. The van der Waals surface area contributed by atoms with Crippen molar-refractivity contribution in [3.63, 3.8) is 0 Å². The van der Waals surface area contributed by atoms with Crippen molar-refractivity contribution in [2.75, 3.05) is 20.1 Å². The second-order valence-corrected chi connectivity index (χ2v) is 13.8. The van der Waals surface area contributed by atoms with E-state index in [-0.39, 0.29) is 9.79 Å². The molecule has 0 spiro atoms. The van der Waals surface area contributed by atoms with E-state index >= 15 is 0 Å². The minimum absolute atomic E-state index is 0.144. The van der Waals surface area contributed by atoms with Crippen LogP contribution >= 0.6 is 0 Å². The molecule has 0 aliphatic rings. The van der Waals surface area contributed by atoms with Crippen LogP contribution in [-0.2, 0) is 20.0 Å². The zero-order chi connectivity index (χ0) is 32.9. The van der Waals surface area contributed by atoms with E-state index in [0.717, 1.165) is 11.1 Å². The second-order valence-electron chi connectivity index (χ2n) is 10.5. The monoisotopic (exact) mass is 654 g/mol. The Labute approximate surface area is 267 Å².